The number of anilines is 3. The Balaban J connectivity index is 1.49. The van der Waals surface area contributed by atoms with Gasteiger partial charge in [-0.25, -0.2) is 4.98 Å². The molecule has 8 heteroatoms. The number of piperazine rings is 1. The van der Waals surface area contributed by atoms with Crippen molar-refractivity contribution in [3.05, 3.63) is 42.9 Å². The molecule has 2 aromatic rings. The van der Waals surface area contributed by atoms with E-state index in [4.69, 9.17) is 0 Å². The van der Waals surface area contributed by atoms with Gasteiger partial charge in [-0.05, 0) is 24.3 Å². The van der Waals surface area contributed by atoms with Gasteiger partial charge in [-0.1, -0.05) is 0 Å². The number of hydrogen-bond donors (Lipinski definition) is 1. The van der Waals surface area contributed by atoms with E-state index in [1.165, 1.54) is 12.8 Å². The molecule has 1 saturated heterocycles. The molecule has 0 saturated carbocycles. The molecule has 142 valence electrons. The summed E-state index contributed by atoms with van der Waals surface area (Å²) < 4.78 is 4.53. The van der Waals surface area contributed by atoms with Gasteiger partial charge in [0, 0.05) is 50.7 Å². The van der Waals surface area contributed by atoms with Crippen LogP contribution in [0.4, 0.5) is 17.2 Å². The molecule has 0 spiro atoms. The van der Waals surface area contributed by atoms with E-state index in [0.29, 0.717) is 5.69 Å². The van der Waals surface area contributed by atoms with Crippen LogP contribution in [-0.2, 0) is 14.3 Å². The molecule has 1 amide bonds. The maximum atomic E-state index is 11.8. The molecular weight excluding hydrogens is 346 g/mol. The first-order valence-electron chi connectivity index (χ1n) is 8.88. The lowest BCUT2D eigenvalue weighted by Gasteiger charge is -2.36. The number of hydrogen-bond acceptors (Lipinski definition) is 7. The fourth-order valence-corrected chi connectivity index (χ4v) is 2.94. The van der Waals surface area contributed by atoms with Crippen LogP contribution in [0.15, 0.2) is 42.9 Å². The molecule has 0 unspecified atom stereocenters. The first-order chi connectivity index (χ1) is 13.2. The first-order valence-corrected chi connectivity index (χ1v) is 8.88. The number of carbonyl (C=O) groups is 2. The van der Waals surface area contributed by atoms with Gasteiger partial charge in [-0.2, -0.15) is 0 Å². The minimum Gasteiger partial charge on any atom is -0.469 e. The van der Waals surface area contributed by atoms with Crippen LogP contribution in [-0.4, -0.2) is 55.1 Å². The lowest BCUT2D eigenvalue weighted by Crippen LogP contribution is -2.46. The average Bonchev–Trinajstić information content (AvgIpc) is 2.73. The summed E-state index contributed by atoms with van der Waals surface area (Å²) in [5, 5.41) is 2.74. The lowest BCUT2D eigenvalue weighted by atomic mass is 10.2. The summed E-state index contributed by atoms with van der Waals surface area (Å²) in [5.74, 6) is 0.252. The average molecular weight is 369 g/mol. The molecule has 0 aliphatic carbocycles. The predicted octanol–water partition coefficient (Wildman–Crippen LogP) is 1.69. The third kappa shape index (κ3) is 5.16. The van der Waals surface area contributed by atoms with Crippen molar-refractivity contribution in [2.45, 2.75) is 12.8 Å². The topological polar surface area (TPSA) is 87.7 Å². The third-order valence-corrected chi connectivity index (χ3v) is 4.45. The molecule has 27 heavy (non-hydrogen) atoms. The fraction of sp³-hybridized carbons (Fsp3) is 0.368. The van der Waals surface area contributed by atoms with Gasteiger partial charge in [0.05, 0.1) is 25.4 Å². The Hall–Kier alpha value is -3.16. The number of esters is 1. The summed E-state index contributed by atoms with van der Waals surface area (Å²) in [6.45, 7) is 3.58. The molecule has 1 fully saturated rings. The van der Waals surface area contributed by atoms with Crippen LogP contribution >= 0.6 is 0 Å². The summed E-state index contributed by atoms with van der Waals surface area (Å²) in [7, 11) is 1.31. The smallest absolute Gasteiger partial charge is 0.306 e. The van der Waals surface area contributed by atoms with Gasteiger partial charge >= 0.3 is 5.97 Å². The van der Waals surface area contributed by atoms with Crippen LogP contribution in [0.25, 0.3) is 0 Å². The van der Waals surface area contributed by atoms with E-state index in [0.717, 1.165) is 32.0 Å². The van der Waals surface area contributed by atoms with Crippen LogP contribution in [0.3, 0.4) is 0 Å². The monoisotopic (exact) mass is 369 g/mol. The summed E-state index contributed by atoms with van der Waals surface area (Å²) in [6, 6.07) is 7.77. The number of amides is 1. The van der Waals surface area contributed by atoms with E-state index in [-0.39, 0.29) is 18.7 Å². The molecule has 0 bridgehead atoms. The number of rotatable bonds is 6. The Labute approximate surface area is 158 Å². The third-order valence-electron chi connectivity index (χ3n) is 4.45. The summed E-state index contributed by atoms with van der Waals surface area (Å²) in [5.41, 5.74) is 1.80. The van der Waals surface area contributed by atoms with Crippen molar-refractivity contribution in [2.75, 3.05) is 48.4 Å². The van der Waals surface area contributed by atoms with E-state index in [9.17, 15) is 9.59 Å². The molecule has 0 radical (unpaired) electrons. The van der Waals surface area contributed by atoms with Gasteiger partial charge in [0.25, 0.3) is 0 Å². The fourth-order valence-electron chi connectivity index (χ4n) is 2.94. The van der Waals surface area contributed by atoms with Gasteiger partial charge in [0.2, 0.25) is 5.91 Å². The van der Waals surface area contributed by atoms with E-state index >= 15 is 0 Å². The molecule has 1 N–H and O–H groups in total. The molecule has 0 aromatic carbocycles. The summed E-state index contributed by atoms with van der Waals surface area (Å²) in [6.07, 6.45) is 5.41. The largest absolute Gasteiger partial charge is 0.469 e. The van der Waals surface area contributed by atoms with Gasteiger partial charge in [-0.3, -0.25) is 14.6 Å². The van der Waals surface area contributed by atoms with Gasteiger partial charge in [-0.15, -0.1) is 0 Å². The molecule has 1 aliphatic rings. The number of nitrogens with zero attached hydrogens (tertiary/aromatic N) is 4. The maximum absolute atomic E-state index is 11.8. The zero-order chi connectivity index (χ0) is 19.1. The minimum atomic E-state index is -0.399. The Bertz CT molecular complexity index is 759. The van der Waals surface area contributed by atoms with Crippen molar-refractivity contribution >= 4 is 29.1 Å². The Morgan fingerprint density at radius 3 is 2.37 bits per heavy atom. The SMILES string of the molecule is COC(=O)CCC(=O)Nc1ccc(N2CCN(c3ccncc3)CC2)nc1. The molecule has 1 aliphatic heterocycles. The molecule has 3 heterocycles. The molecule has 2 aromatic heterocycles. The number of carbonyl (C=O) groups excluding carboxylic acids is 2. The highest BCUT2D eigenvalue weighted by Gasteiger charge is 2.18. The van der Waals surface area contributed by atoms with E-state index in [2.05, 4.69) is 29.8 Å². The standard InChI is InChI=1S/C19H23N5O3/c1-27-19(26)5-4-18(25)22-15-2-3-17(21-14-15)24-12-10-23(11-13-24)16-6-8-20-9-7-16/h2-3,6-9,14H,4-5,10-13H2,1H3,(H,22,25). The number of pyridine rings is 2. The second-order valence-electron chi connectivity index (χ2n) is 6.21. The van der Waals surface area contributed by atoms with Crippen LogP contribution < -0.4 is 15.1 Å². The van der Waals surface area contributed by atoms with Crippen molar-refractivity contribution in [3.63, 3.8) is 0 Å². The number of ether oxygens (including phenoxy) is 1. The van der Waals surface area contributed by atoms with Gasteiger partial charge < -0.3 is 19.9 Å². The second kappa shape index (κ2) is 8.98. The van der Waals surface area contributed by atoms with Crippen molar-refractivity contribution < 1.29 is 14.3 Å². The zero-order valence-corrected chi connectivity index (χ0v) is 15.3. The Kier molecular flexibility index (Phi) is 6.19. The van der Waals surface area contributed by atoms with Gasteiger partial charge in [0.1, 0.15) is 5.82 Å². The second-order valence-corrected chi connectivity index (χ2v) is 6.21. The minimum absolute atomic E-state index is 0.0651. The van der Waals surface area contributed by atoms with E-state index < -0.39 is 5.97 Å². The predicted molar refractivity (Wildman–Crippen MR) is 103 cm³/mol. The molecular formula is C19H23N5O3. The van der Waals surface area contributed by atoms with Crippen LogP contribution in [0, 0.1) is 0 Å². The highest BCUT2D eigenvalue weighted by molar-refractivity contribution is 5.92. The Morgan fingerprint density at radius 2 is 1.74 bits per heavy atom. The molecule has 0 atom stereocenters. The highest BCUT2D eigenvalue weighted by Crippen LogP contribution is 2.19. The van der Waals surface area contributed by atoms with Crippen molar-refractivity contribution in [1.29, 1.82) is 0 Å². The summed E-state index contributed by atoms with van der Waals surface area (Å²) in [4.78, 5) is 36.0. The van der Waals surface area contributed by atoms with Crippen LogP contribution in [0.1, 0.15) is 12.8 Å². The maximum Gasteiger partial charge on any atom is 0.306 e. The molecule has 8 nitrogen and oxygen atoms in total. The summed E-state index contributed by atoms with van der Waals surface area (Å²) >= 11 is 0. The number of nitrogens with one attached hydrogen (secondary N) is 1. The van der Waals surface area contributed by atoms with Crippen molar-refractivity contribution in [3.8, 4) is 0 Å². The lowest BCUT2D eigenvalue weighted by molar-refractivity contribution is -0.141. The Morgan fingerprint density at radius 1 is 1.04 bits per heavy atom. The van der Waals surface area contributed by atoms with E-state index in [1.807, 2.05) is 36.7 Å². The number of aromatic nitrogens is 2. The quantitative estimate of drug-likeness (QED) is 0.775. The van der Waals surface area contributed by atoms with Crippen LogP contribution in [0.5, 0.6) is 0 Å². The van der Waals surface area contributed by atoms with Crippen molar-refractivity contribution in [2.24, 2.45) is 0 Å². The zero-order valence-electron chi connectivity index (χ0n) is 15.3. The van der Waals surface area contributed by atoms with E-state index in [1.54, 1.807) is 6.20 Å². The van der Waals surface area contributed by atoms with Crippen LogP contribution in [0.2, 0.25) is 0 Å². The normalized spacial score (nSPS) is 14.0. The highest BCUT2D eigenvalue weighted by atomic mass is 16.5. The first kappa shape index (κ1) is 18.6. The van der Waals surface area contributed by atoms with Crippen molar-refractivity contribution in [1.82, 2.24) is 9.97 Å². The molecule has 3 rings (SSSR count). The van der Waals surface area contributed by atoms with Gasteiger partial charge in [0.15, 0.2) is 0 Å². The number of methoxy groups -OCH3 is 1.